The molecule has 1 aliphatic rings. The first kappa shape index (κ1) is 22.4. The lowest BCUT2D eigenvalue weighted by Gasteiger charge is -2.33. The smallest absolute Gasteiger partial charge is 0.354 e. The van der Waals surface area contributed by atoms with E-state index >= 15 is 0 Å². The van der Waals surface area contributed by atoms with E-state index in [0.717, 1.165) is 29.9 Å². The number of amides is 1. The van der Waals surface area contributed by atoms with Crippen LogP contribution >= 0.6 is 0 Å². The maximum atomic E-state index is 13.0. The molecule has 1 amide bonds. The van der Waals surface area contributed by atoms with Crippen LogP contribution in [0.4, 0.5) is 0 Å². The van der Waals surface area contributed by atoms with E-state index in [1.807, 2.05) is 36.7 Å². The van der Waals surface area contributed by atoms with Gasteiger partial charge < -0.3 is 18.8 Å². The van der Waals surface area contributed by atoms with Crippen molar-refractivity contribution in [3.05, 3.63) is 52.6 Å². The number of likely N-dealkylation sites (tertiary alicyclic amines) is 1. The van der Waals surface area contributed by atoms with Crippen molar-refractivity contribution in [1.82, 2.24) is 14.0 Å². The lowest BCUT2D eigenvalue weighted by molar-refractivity contribution is -0.127. The molecule has 2 aromatic heterocycles. The van der Waals surface area contributed by atoms with Crippen LogP contribution in [0.2, 0.25) is 0 Å². The number of piperidine rings is 1. The summed E-state index contributed by atoms with van der Waals surface area (Å²) >= 11 is 0. The molecule has 3 rings (SSSR count). The van der Waals surface area contributed by atoms with E-state index in [0.29, 0.717) is 31.6 Å². The van der Waals surface area contributed by atoms with E-state index < -0.39 is 0 Å². The maximum absolute atomic E-state index is 13.0. The van der Waals surface area contributed by atoms with E-state index in [2.05, 4.69) is 17.6 Å². The predicted molar refractivity (Wildman–Crippen MR) is 118 cm³/mol. The van der Waals surface area contributed by atoms with Crippen molar-refractivity contribution in [3.8, 4) is 6.07 Å². The van der Waals surface area contributed by atoms with Crippen molar-refractivity contribution < 1.29 is 14.3 Å². The number of carbonyl (C=O) groups excluding carboxylic acids is 2. The fourth-order valence-electron chi connectivity index (χ4n) is 4.35. The molecule has 31 heavy (non-hydrogen) atoms. The average molecular weight is 423 g/mol. The van der Waals surface area contributed by atoms with Gasteiger partial charge in [0.2, 0.25) is 0 Å². The third-order valence-corrected chi connectivity index (χ3v) is 6.03. The topological polar surface area (TPSA) is 80.3 Å². The lowest BCUT2D eigenvalue weighted by Crippen LogP contribution is -2.39. The summed E-state index contributed by atoms with van der Waals surface area (Å²) in [6.45, 7) is 8.19. The Balaban J connectivity index is 1.72. The second-order valence-corrected chi connectivity index (χ2v) is 7.96. The monoisotopic (exact) mass is 422 g/mol. The van der Waals surface area contributed by atoms with Crippen molar-refractivity contribution in [2.45, 2.75) is 52.6 Å². The fourth-order valence-corrected chi connectivity index (χ4v) is 4.35. The summed E-state index contributed by atoms with van der Waals surface area (Å²) in [5, 5.41) is 9.66. The number of nitriles is 1. The van der Waals surface area contributed by atoms with E-state index in [4.69, 9.17) is 4.74 Å². The zero-order valence-electron chi connectivity index (χ0n) is 18.7. The molecule has 0 aromatic carbocycles. The summed E-state index contributed by atoms with van der Waals surface area (Å²) in [4.78, 5) is 26.7. The highest BCUT2D eigenvalue weighted by Gasteiger charge is 2.27. The third-order valence-electron chi connectivity index (χ3n) is 6.03. The highest BCUT2D eigenvalue weighted by Crippen LogP contribution is 2.26. The van der Waals surface area contributed by atoms with Crippen LogP contribution in [0.1, 0.15) is 59.7 Å². The number of rotatable bonds is 6. The zero-order valence-corrected chi connectivity index (χ0v) is 18.7. The minimum atomic E-state index is -0.362. The molecule has 164 valence electrons. The van der Waals surface area contributed by atoms with Crippen molar-refractivity contribution in [2.75, 3.05) is 20.2 Å². The van der Waals surface area contributed by atoms with Crippen molar-refractivity contribution in [3.63, 3.8) is 0 Å². The first-order chi connectivity index (χ1) is 14.9. The molecule has 1 fully saturated rings. The number of aryl methyl sites for hydroxylation is 1. The fraction of sp³-hybridized carbons (Fsp3) is 0.458. The normalized spacial score (nSPS) is 15.1. The average Bonchev–Trinajstić information content (AvgIpc) is 3.37. The van der Waals surface area contributed by atoms with E-state index in [1.54, 1.807) is 17.0 Å². The van der Waals surface area contributed by atoms with Gasteiger partial charge in [-0.3, -0.25) is 4.79 Å². The van der Waals surface area contributed by atoms with Crippen LogP contribution in [0.5, 0.6) is 0 Å². The first-order valence-electron chi connectivity index (χ1n) is 10.7. The van der Waals surface area contributed by atoms with Gasteiger partial charge in [0.25, 0.3) is 5.91 Å². The highest BCUT2D eigenvalue weighted by molar-refractivity contribution is 6.01. The number of esters is 1. The number of nitrogens with zero attached hydrogens (tertiary/aromatic N) is 4. The molecular weight excluding hydrogens is 392 g/mol. The van der Waals surface area contributed by atoms with Gasteiger partial charge in [0, 0.05) is 43.3 Å². The highest BCUT2D eigenvalue weighted by atomic mass is 16.5. The van der Waals surface area contributed by atoms with Crippen LogP contribution < -0.4 is 0 Å². The van der Waals surface area contributed by atoms with Gasteiger partial charge in [0.1, 0.15) is 17.3 Å². The Bertz CT molecular complexity index is 1030. The molecule has 0 unspecified atom stereocenters. The Labute approximate surface area is 183 Å². The van der Waals surface area contributed by atoms with Crippen molar-refractivity contribution in [2.24, 2.45) is 0 Å². The second-order valence-electron chi connectivity index (χ2n) is 7.96. The van der Waals surface area contributed by atoms with Crippen LogP contribution in [-0.4, -0.2) is 46.1 Å². The Morgan fingerprint density at radius 2 is 2.00 bits per heavy atom. The molecule has 0 atom stereocenters. The van der Waals surface area contributed by atoms with Crippen molar-refractivity contribution in [1.29, 1.82) is 5.26 Å². The molecule has 0 saturated carbocycles. The molecule has 0 aliphatic carbocycles. The van der Waals surface area contributed by atoms with E-state index in [9.17, 15) is 14.9 Å². The standard InChI is InChI=1S/C24H30N4O3/c1-5-10-27-17(2)14-19(18(27)3)15-20(16-25)23(29)26-12-8-21(9-13-26)28-11-6-7-22(28)24(30)31-4/h6-7,11,14-15,21H,5,8-10,12-13H2,1-4H3/b20-15-. The van der Waals surface area contributed by atoms with E-state index in [-0.39, 0.29) is 23.5 Å². The molecule has 2 aromatic rings. The van der Waals surface area contributed by atoms with Gasteiger partial charge in [-0.1, -0.05) is 6.92 Å². The lowest BCUT2D eigenvalue weighted by atomic mass is 10.0. The van der Waals surface area contributed by atoms with Gasteiger partial charge in [0.05, 0.1) is 7.11 Å². The second kappa shape index (κ2) is 9.69. The van der Waals surface area contributed by atoms with Gasteiger partial charge >= 0.3 is 5.97 Å². The number of ether oxygens (including phenoxy) is 1. The number of methoxy groups -OCH3 is 1. The third kappa shape index (κ3) is 4.58. The van der Waals surface area contributed by atoms with Crippen molar-refractivity contribution >= 4 is 18.0 Å². The molecular formula is C24H30N4O3. The SMILES string of the molecule is CCCn1c(C)cc(/C=C(/C#N)C(=O)N2CCC(n3cccc3C(=O)OC)CC2)c1C. The molecule has 1 aliphatic heterocycles. The molecule has 0 bridgehead atoms. The zero-order chi connectivity index (χ0) is 22.5. The largest absolute Gasteiger partial charge is 0.464 e. The predicted octanol–water partition coefficient (Wildman–Crippen LogP) is 3.87. The summed E-state index contributed by atoms with van der Waals surface area (Å²) in [6.07, 6.45) is 6.05. The molecule has 0 N–H and O–H groups in total. The van der Waals surface area contributed by atoms with Gasteiger partial charge in [-0.25, -0.2) is 4.79 Å². The Morgan fingerprint density at radius 1 is 1.29 bits per heavy atom. The summed E-state index contributed by atoms with van der Waals surface area (Å²) in [6, 6.07) is 7.82. The number of aromatic nitrogens is 2. The van der Waals surface area contributed by atoms with Crippen LogP contribution in [0.15, 0.2) is 30.0 Å². The van der Waals surface area contributed by atoms with Gasteiger partial charge in [-0.15, -0.1) is 0 Å². The molecule has 0 radical (unpaired) electrons. The van der Waals surface area contributed by atoms with Gasteiger partial charge in [-0.05, 0) is 62.9 Å². The minimum Gasteiger partial charge on any atom is -0.464 e. The van der Waals surface area contributed by atoms with Crippen LogP contribution in [0, 0.1) is 25.2 Å². The van der Waals surface area contributed by atoms with E-state index in [1.165, 1.54) is 7.11 Å². The number of hydrogen-bond donors (Lipinski definition) is 0. The van der Waals surface area contributed by atoms with Crippen LogP contribution in [-0.2, 0) is 16.1 Å². The Hall–Kier alpha value is -3.27. The Morgan fingerprint density at radius 3 is 2.61 bits per heavy atom. The molecule has 7 nitrogen and oxygen atoms in total. The van der Waals surface area contributed by atoms with Gasteiger partial charge in [-0.2, -0.15) is 5.26 Å². The minimum absolute atomic E-state index is 0.121. The van der Waals surface area contributed by atoms with Crippen LogP contribution in [0.3, 0.4) is 0 Å². The molecule has 1 saturated heterocycles. The number of hydrogen-bond acceptors (Lipinski definition) is 4. The molecule has 7 heteroatoms. The number of carbonyl (C=O) groups is 2. The van der Waals surface area contributed by atoms with Crippen LogP contribution in [0.25, 0.3) is 6.08 Å². The Kier molecular flexibility index (Phi) is 7.01. The molecule has 0 spiro atoms. The first-order valence-corrected chi connectivity index (χ1v) is 10.7. The maximum Gasteiger partial charge on any atom is 0.354 e. The quantitative estimate of drug-likeness (QED) is 0.402. The summed E-state index contributed by atoms with van der Waals surface area (Å²) in [7, 11) is 1.37. The summed E-state index contributed by atoms with van der Waals surface area (Å²) < 4.78 is 9.00. The summed E-state index contributed by atoms with van der Waals surface area (Å²) in [5.41, 5.74) is 3.80. The van der Waals surface area contributed by atoms with Gasteiger partial charge in [0.15, 0.2) is 0 Å². The summed E-state index contributed by atoms with van der Waals surface area (Å²) in [5.74, 6) is -0.596. The molecule has 3 heterocycles.